The van der Waals surface area contributed by atoms with Gasteiger partial charge in [0.1, 0.15) is 11.5 Å². The molecule has 3 aromatic rings. The Kier molecular flexibility index (Phi) is 6.01. The Morgan fingerprint density at radius 2 is 1.25 bits per heavy atom. The van der Waals surface area contributed by atoms with Gasteiger partial charge in [-0.15, -0.1) is 0 Å². The Bertz CT molecular complexity index is 1040. The van der Waals surface area contributed by atoms with Crippen molar-refractivity contribution < 1.29 is 17.9 Å². The van der Waals surface area contributed by atoms with Gasteiger partial charge in [-0.2, -0.15) is 0 Å². The van der Waals surface area contributed by atoms with Crippen molar-refractivity contribution in [3.05, 3.63) is 96.2 Å². The second kappa shape index (κ2) is 8.63. The van der Waals surface area contributed by atoms with Crippen molar-refractivity contribution in [2.45, 2.75) is 4.90 Å². The molecule has 5 nitrogen and oxygen atoms in total. The molecule has 0 aromatic heterocycles. The maximum absolute atomic E-state index is 12.7. The predicted octanol–water partition coefficient (Wildman–Crippen LogP) is 4.07. The van der Waals surface area contributed by atoms with Gasteiger partial charge in [0, 0.05) is 11.8 Å². The zero-order valence-electron chi connectivity index (χ0n) is 15.6. The van der Waals surface area contributed by atoms with Crippen molar-refractivity contribution in [1.82, 2.24) is 4.72 Å². The molecule has 3 aromatic carbocycles. The number of benzene rings is 3. The highest BCUT2D eigenvalue weighted by Gasteiger charge is 2.14. The van der Waals surface area contributed by atoms with Gasteiger partial charge in [0.2, 0.25) is 0 Å². The fourth-order valence-corrected chi connectivity index (χ4v) is 3.58. The van der Waals surface area contributed by atoms with Crippen LogP contribution in [0.4, 0.5) is 0 Å². The average molecular weight is 395 g/mol. The van der Waals surface area contributed by atoms with Gasteiger partial charge in [-0.25, -0.2) is 8.42 Å². The molecule has 0 spiro atoms. The first-order chi connectivity index (χ1) is 13.5. The molecular formula is C22H21NO4S. The fourth-order valence-electron chi connectivity index (χ4n) is 2.68. The number of hydrogen-bond acceptors (Lipinski definition) is 4. The third-order valence-electron chi connectivity index (χ3n) is 4.21. The summed E-state index contributed by atoms with van der Waals surface area (Å²) in [6.07, 6.45) is 1.51. The molecule has 1 N–H and O–H groups in total. The van der Waals surface area contributed by atoms with Gasteiger partial charge in [-0.05, 0) is 47.5 Å². The molecule has 6 heteroatoms. The Morgan fingerprint density at radius 1 is 0.750 bits per heavy atom. The van der Waals surface area contributed by atoms with Gasteiger partial charge in [0.05, 0.1) is 19.1 Å². The number of methoxy groups -OCH3 is 2. The van der Waals surface area contributed by atoms with Crippen LogP contribution >= 0.6 is 0 Å². The van der Waals surface area contributed by atoms with Gasteiger partial charge >= 0.3 is 0 Å². The minimum atomic E-state index is -3.72. The zero-order chi connectivity index (χ0) is 20.0. The molecule has 28 heavy (non-hydrogen) atoms. The van der Waals surface area contributed by atoms with E-state index in [9.17, 15) is 8.42 Å². The Labute approximate surface area is 165 Å². The first-order valence-electron chi connectivity index (χ1n) is 8.60. The van der Waals surface area contributed by atoms with Crippen LogP contribution in [0.15, 0.2) is 90.0 Å². The van der Waals surface area contributed by atoms with Crippen LogP contribution in [0, 0.1) is 0 Å². The van der Waals surface area contributed by atoms with E-state index >= 15 is 0 Å². The third-order valence-corrected chi connectivity index (χ3v) is 5.53. The predicted molar refractivity (Wildman–Crippen MR) is 110 cm³/mol. The normalized spacial score (nSPS) is 11.7. The van der Waals surface area contributed by atoms with Gasteiger partial charge in [-0.1, -0.05) is 42.5 Å². The third kappa shape index (κ3) is 4.53. The number of nitrogens with one attached hydrogen (secondary N) is 1. The van der Waals surface area contributed by atoms with Crippen LogP contribution < -0.4 is 14.2 Å². The minimum absolute atomic E-state index is 0.159. The van der Waals surface area contributed by atoms with Crippen molar-refractivity contribution in [2.24, 2.45) is 0 Å². The van der Waals surface area contributed by atoms with E-state index in [4.69, 9.17) is 9.47 Å². The first kappa shape index (κ1) is 19.5. The lowest BCUT2D eigenvalue weighted by atomic mass is 9.99. The lowest BCUT2D eigenvalue weighted by Gasteiger charge is -2.11. The summed E-state index contributed by atoms with van der Waals surface area (Å²) in [4.78, 5) is 0.159. The largest absolute Gasteiger partial charge is 0.497 e. The molecule has 0 saturated carbocycles. The standard InChI is InChI=1S/C22H21NO4S/c1-26-19-10-8-18(9-11-19)22(17-6-4-3-5-7-17)16-23-28(24,25)21-14-12-20(27-2)13-15-21/h3-16,23H,1-2H3/b22-16+. The van der Waals surface area contributed by atoms with Crippen LogP contribution in [0.25, 0.3) is 5.57 Å². The summed E-state index contributed by atoms with van der Waals surface area (Å²) in [5.41, 5.74) is 2.51. The van der Waals surface area contributed by atoms with Crippen molar-refractivity contribution in [3.63, 3.8) is 0 Å². The molecule has 0 aliphatic carbocycles. The van der Waals surface area contributed by atoms with Crippen molar-refractivity contribution in [1.29, 1.82) is 0 Å². The highest BCUT2D eigenvalue weighted by atomic mass is 32.2. The van der Waals surface area contributed by atoms with Gasteiger partial charge < -0.3 is 9.47 Å². The molecule has 0 unspecified atom stereocenters. The van der Waals surface area contributed by atoms with E-state index in [2.05, 4.69) is 4.72 Å². The number of hydrogen-bond donors (Lipinski definition) is 1. The van der Waals surface area contributed by atoms with Crippen LogP contribution in [-0.2, 0) is 10.0 Å². The topological polar surface area (TPSA) is 64.6 Å². The van der Waals surface area contributed by atoms with E-state index in [1.54, 1.807) is 19.2 Å². The SMILES string of the molecule is COc1ccc(/C(=C/NS(=O)(=O)c2ccc(OC)cc2)c2ccccc2)cc1. The first-order valence-corrected chi connectivity index (χ1v) is 10.1. The van der Waals surface area contributed by atoms with E-state index in [0.717, 1.165) is 22.4 Å². The lowest BCUT2D eigenvalue weighted by molar-refractivity contribution is 0.414. The highest BCUT2D eigenvalue weighted by molar-refractivity contribution is 7.89. The van der Waals surface area contributed by atoms with Crippen molar-refractivity contribution in [3.8, 4) is 11.5 Å². The molecule has 0 saturated heterocycles. The quantitative estimate of drug-likeness (QED) is 0.655. The smallest absolute Gasteiger partial charge is 0.261 e. The number of ether oxygens (including phenoxy) is 2. The average Bonchev–Trinajstić information content (AvgIpc) is 2.75. The lowest BCUT2D eigenvalue weighted by Crippen LogP contribution is -2.18. The fraction of sp³-hybridized carbons (Fsp3) is 0.0909. The minimum Gasteiger partial charge on any atom is -0.497 e. The molecule has 0 aliphatic rings. The summed E-state index contributed by atoms with van der Waals surface area (Å²) in [7, 11) is -0.579. The van der Waals surface area contributed by atoms with E-state index in [-0.39, 0.29) is 4.90 Å². The zero-order valence-corrected chi connectivity index (χ0v) is 16.4. The van der Waals surface area contributed by atoms with Gasteiger partial charge in [0.25, 0.3) is 10.0 Å². The molecule has 0 heterocycles. The molecule has 0 amide bonds. The van der Waals surface area contributed by atoms with Crippen LogP contribution in [0.2, 0.25) is 0 Å². The van der Waals surface area contributed by atoms with Crippen molar-refractivity contribution >= 4 is 15.6 Å². The Morgan fingerprint density at radius 3 is 1.79 bits per heavy atom. The van der Waals surface area contributed by atoms with Crippen molar-refractivity contribution in [2.75, 3.05) is 14.2 Å². The van der Waals surface area contributed by atoms with Crippen LogP contribution in [0.1, 0.15) is 11.1 Å². The monoisotopic (exact) mass is 395 g/mol. The molecule has 0 bridgehead atoms. The summed E-state index contributed by atoms with van der Waals surface area (Å²) >= 11 is 0. The molecule has 0 radical (unpaired) electrons. The number of sulfonamides is 1. The van der Waals surface area contributed by atoms with E-state index in [1.807, 2.05) is 54.6 Å². The van der Waals surface area contributed by atoms with Gasteiger partial charge in [0.15, 0.2) is 0 Å². The molecule has 0 atom stereocenters. The van der Waals surface area contributed by atoms with Gasteiger partial charge in [-0.3, -0.25) is 4.72 Å². The summed E-state index contributed by atoms with van der Waals surface area (Å²) < 4.78 is 38.2. The second-order valence-electron chi connectivity index (χ2n) is 5.95. The van der Waals surface area contributed by atoms with Crippen LogP contribution in [0.3, 0.4) is 0 Å². The maximum atomic E-state index is 12.7. The molecular weight excluding hydrogens is 374 g/mol. The Hall–Kier alpha value is -3.25. The second-order valence-corrected chi connectivity index (χ2v) is 7.66. The molecule has 0 aliphatic heterocycles. The Balaban J connectivity index is 1.96. The van der Waals surface area contributed by atoms with Crippen LogP contribution in [0.5, 0.6) is 11.5 Å². The van der Waals surface area contributed by atoms with Crippen LogP contribution in [-0.4, -0.2) is 22.6 Å². The number of rotatable bonds is 7. The molecule has 3 rings (SSSR count). The summed E-state index contributed by atoms with van der Waals surface area (Å²) in [6.45, 7) is 0. The molecule has 0 fully saturated rings. The van der Waals surface area contributed by atoms with E-state index in [1.165, 1.54) is 25.4 Å². The molecule has 144 valence electrons. The van der Waals surface area contributed by atoms with E-state index in [0.29, 0.717) is 5.75 Å². The maximum Gasteiger partial charge on any atom is 0.261 e. The summed E-state index contributed by atoms with van der Waals surface area (Å²) in [5, 5.41) is 0. The van der Waals surface area contributed by atoms with E-state index < -0.39 is 10.0 Å². The summed E-state index contributed by atoms with van der Waals surface area (Å²) in [5.74, 6) is 1.33. The highest BCUT2D eigenvalue weighted by Crippen LogP contribution is 2.25. The summed E-state index contributed by atoms with van der Waals surface area (Å²) in [6, 6.07) is 23.3.